The number of amides is 1. The van der Waals surface area contributed by atoms with Crippen molar-refractivity contribution in [1.82, 2.24) is 4.90 Å². The molecule has 2 N–H and O–H groups in total. The summed E-state index contributed by atoms with van der Waals surface area (Å²) in [5, 5.41) is 0. The summed E-state index contributed by atoms with van der Waals surface area (Å²) in [6.45, 7) is 4.79. The van der Waals surface area contributed by atoms with E-state index >= 15 is 0 Å². The number of nitrogens with zero attached hydrogens (tertiary/aromatic N) is 1. The predicted molar refractivity (Wildman–Crippen MR) is 65.3 cm³/mol. The molecule has 1 aromatic carbocycles. The van der Waals surface area contributed by atoms with Gasteiger partial charge in [0.15, 0.2) is 0 Å². The Hall–Kier alpha value is -1.39. The van der Waals surface area contributed by atoms with E-state index in [0.29, 0.717) is 26.2 Å². The average molecular weight is 234 g/mol. The number of morpholine rings is 1. The summed E-state index contributed by atoms with van der Waals surface area (Å²) in [6, 6.07) is 6.16. The van der Waals surface area contributed by atoms with E-state index in [1.165, 1.54) is 11.1 Å². The summed E-state index contributed by atoms with van der Waals surface area (Å²) in [5.41, 5.74) is 9.08. The van der Waals surface area contributed by atoms with E-state index in [2.05, 4.69) is 19.1 Å². The number of carbonyl (C=O) groups excluding carboxylic acids is 1. The van der Waals surface area contributed by atoms with Gasteiger partial charge in [-0.05, 0) is 23.6 Å². The first kappa shape index (κ1) is 12.1. The molecule has 4 nitrogen and oxygen atoms in total. The Kier molecular flexibility index (Phi) is 3.76. The number of hydrogen-bond acceptors (Lipinski definition) is 3. The zero-order chi connectivity index (χ0) is 12.3. The van der Waals surface area contributed by atoms with Crippen molar-refractivity contribution in [2.45, 2.75) is 20.0 Å². The van der Waals surface area contributed by atoms with Crippen LogP contribution in [0.15, 0.2) is 18.2 Å². The Morgan fingerprint density at radius 1 is 1.47 bits per heavy atom. The highest BCUT2D eigenvalue weighted by Gasteiger charge is 2.18. The molecule has 1 fully saturated rings. The lowest BCUT2D eigenvalue weighted by Gasteiger charge is -2.27. The molecule has 17 heavy (non-hydrogen) atoms. The molecule has 1 aromatic rings. The summed E-state index contributed by atoms with van der Waals surface area (Å²) in [4.78, 5) is 13.5. The Morgan fingerprint density at radius 2 is 2.29 bits per heavy atom. The number of nitrogens with two attached hydrogens (primary N) is 1. The first-order valence-electron chi connectivity index (χ1n) is 5.84. The second-order valence-electron chi connectivity index (χ2n) is 4.33. The van der Waals surface area contributed by atoms with E-state index in [9.17, 15) is 4.79 Å². The molecular formula is C13H18N2O2. The van der Waals surface area contributed by atoms with E-state index in [-0.39, 0.29) is 12.5 Å². The number of hydrogen-bond donors (Lipinski definition) is 1. The van der Waals surface area contributed by atoms with Gasteiger partial charge in [0.05, 0.1) is 6.61 Å². The van der Waals surface area contributed by atoms with Crippen molar-refractivity contribution < 1.29 is 9.53 Å². The zero-order valence-electron chi connectivity index (χ0n) is 10.1. The quantitative estimate of drug-likeness (QED) is 0.842. The maximum absolute atomic E-state index is 11.6. The fourth-order valence-corrected chi connectivity index (χ4v) is 1.99. The minimum Gasteiger partial charge on any atom is -0.370 e. The number of aryl methyl sites for hydroxylation is 1. The van der Waals surface area contributed by atoms with Gasteiger partial charge in [-0.1, -0.05) is 18.2 Å². The summed E-state index contributed by atoms with van der Waals surface area (Å²) in [6.07, 6.45) is 0. The fourth-order valence-electron chi connectivity index (χ4n) is 1.99. The molecule has 0 aromatic heterocycles. The second kappa shape index (κ2) is 5.29. The monoisotopic (exact) mass is 234 g/mol. The van der Waals surface area contributed by atoms with Gasteiger partial charge in [0.25, 0.3) is 0 Å². The SMILES string of the molecule is Cc1cc(CN)ccc1CN1CCOCC1=O. The van der Waals surface area contributed by atoms with Crippen LogP contribution < -0.4 is 5.73 Å². The highest BCUT2D eigenvalue weighted by atomic mass is 16.5. The molecule has 1 aliphatic rings. The van der Waals surface area contributed by atoms with Gasteiger partial charge in [0.2, 0.25) is 5.91 Å². The molecular weight excluding hydrogens is 216 g/mol. The molecule has 92 valence electrons. The minimum atomic E-state index is 0.0681. The second-order valence-corrected chi connectivity index (χ2v) is 4.33. The van der Waals surface area contributed by atoms with Gasteiger partial charge >= 0.3 is 0 Å². The van der Waals surface area contributed by atoms with Crippen LogP contribution in [0.4, 0.5) is 0 Å². The van der Waals surface area contributed by atoms with Gasteiger partial charge in [-0.15, -0.1) is 0 Å². The topological polar surface area (TPSA) is 55.6 Å². The van der Waals surface area contributed by atoms with Gasteiger partial charge in [0, 0.05) is 19.6 Å². The van der Waals surface area contributed by atoms with Gasteiger partial charge in [-0.3, -0.25) is 4.79 Å². The third-order valence-electron chi connectivity index (χ3n) is 3.09. The molecule has 4 heteroatoms. The van der Waals surface area contributed by atoms with Crippen LogP contribution in [0.2, 0.25) is 0 Å². The lowest BCUT2D eigenvalue weighted by atomic mass is 10.0. The Morgan fingerprint density at radius 3 is 2.94 bits per heavy atom. The van der Waals surface area contributed by atoms with Crippen molar-refractivity contribution in [3.63, 3.8) is 0 Å². The molecule has 0 aliphatic carbocycles. The standard InChI is InChI=1S/C13H18N2O2/c1-10-6-11(7-14)2-3-12(10)8-15-4-5-17-9-13(15)16/h2-3,6H,4-5,7-9,14H2,1H3. The van der Waals surface area contributed by atoms with Crippen molar-refractivity contribution in [3.8, 4) is 0 Å². The first-order chi connectivity index (χ1) is 8.20. The maximum atomic E-state index is 11.6. The fraction of sp³-hybridized carbons (Fsp3) is 0.462. The molecule has 1 heterocycles. The molecule has 0 unspecified atom stereocenters. The van der Waals surface area contributed by atoms with E-state index in [1.807, 2.05) is 11.0 Å². The zero-order valence-corrected chi connectivity index (χ0v) is 10.1. The molecule has 0 radical (unpaired) electrons. The molecule has 0 saturated carbocycles. The maximum Gasteiger partial charge on any atom is 0.248 e. The van der Waals surface area contributed by atoms with Gasteiger partial charge < -0.3 is 15.4 Å². The largest absolute Gasteiger partial charge is 0.370 e. The van der Waals surface area contributed by atoms with Crippen molar-refractivity contribution >= 4 is 5.91 Å². The van der Waals surface area contributed by atoms with E-state index in [4.69, 9.17) is 10.5 Å². The normalized spacial score (nSPS) is 16.4. The lowest BCUT2D eigenvalue weighted by molar-refractivity contribution is -0.143. The van der Waals surface area contributed by atoms with Crippen molar-refractivity contribution in [1.29, 1.82) is 0 Å². The number of rotatable bonds is 3. The van der Waals surface area contributed by atoms with Crippen LogP contribution in [0, 0.1) is 6.92 Å². The van der Waals surface area contributed by atoms with Crippen LogP contribution in [0.5, 0.6) is 0 Å². The van der Waals surface area contributed by atoms with Crippen molar-refractivity contribution in [3.05, 3.63) is 34.9 Å². The molecule has 0 atom stereocenters. The van der Waals surface area contributed by atoms with Crippen LogP contribution in [-0.2, 0) is 22.6 Å². The van der Waals surface area contributed by atoms with Crippen LogP contribution in [0.25, 0.3) is 0 Å². The number of ether oxygens (including phenoxy) is 1. The third-order valence-corrected chi connectivity index (χ3v) is 3.09. The van der Waals surface area contributed by atoms with Crippen LogP contribution in [0.3, 0.4) is 0 Å². The number of benzene rings is 1. The van der Waals surface area contributed by atoms with E-state index < -0.39 is 0 Å². The molecule has 1 amide bonds. The van der Waals surface area contributed by atoms with Gasteiger partial charge in [-0.2, -0.15) is 0 Å². The highest BCUT2D eigenvalue weighted by molar-refractivity contribution is 5.78. The van der Waals surface area contributed by atoms with E-state index in [0.717, 1.165) is 5.56 Å². The third kappa shape index (κ3) is 2.84. The molecule has 0 spiro atoms. The highest BCUT2D eigenvalue weighted by Crippen LogP contribution is 2.14. The molecule has 1 aliphatic heterocycles. The van der Waals surface area contributed by atoms with Gasteiger partial charge in [-0.25, -0.2) is 0 Å². The summed E-state index contributed by atoms with van der Waals surface area (Å²) < 4.78 is 5.11. The van der Waals surface area contributed by atoms with Crippen LogP contribution >= 0.6 is 0 Å². The Labute approximate surface area is 101 Å². The van der Waals surface area contributed by atoms with Crippen LogP contribution in [-0.4, -0.2) is 30.6 Å². The van der Waals surface area contributed by atoms with Gasteiger partial charge in [0.1, 0.15) is 6.61 Å². The molecule has 2 rings (SSSR count). The molecule has 1 saturated heterocycles. The van der Waals surface area contributed by atoms with E-state index in [1.54, 1.807) is 0 Å². The number of carbonyl (C=O) groups is 1. The van der Waals surface area contributed by atoms with Crippen LogP contribution in [0.1, 0.15) is 16.7 Å². The van der Waals surface area contributed by atoms with Crippen molar-refractivity contribution in [2.75, 3.05) is 19.8 Å². The molecule has 0 bridgehead atoms. The average Bonchev–Trinajstić information content (AvgIpc) is 2.34. The minimum absolute atomic E-state index is 0.0681. The Balaban J connectivity index is 2.10. The first-order valence-corrected chi connectivity index (χ1v) is 5.84. The summed E-state index contributed by atoms with van der Waals surface area (Å²) in [5.74, 6) is 0.0681. The van der Waals surface area contributed by atoms with Crippen molar-refractivity contribution in [2.24, 2.45) is 5.73 Å². The summed E-state index contributed by atoms with van der Waals surface area (Å²) in [7, 11) is 0. The smallest absolute Gasteiger partial charge is 0.248 e. The summed E-state index contributed by atoms with van der Waals surface area (Å²) >= 11 is 0. The Bertz CT molecular complexity index is 418. The lowest BCUT2D eigenvalue weighted by Crippen LogP contribution is -2.41. The predicted octanol–water partition coefficient (Wildman–Crippen LogP) is 0.813.